The lowest BCUT2D eigenvalue weighted by atomic mass is 10.0. The zero-order chi connectivity index (χ0) is 37.1. The average molecular weight is 733 g/mol. The van der Waals surface area contributed by atoms with Crippen LogP contribution >= 0.6 is 7.82 Å². The minimum Gasteiger partial charge on any atom is -0.462 e. The van der Waals surface area contributed by atoms with Crippen LogP contribution in [0.15, 0.2) is 24.3 Å². The van der Waals surface area contributed by atoms with E-state index >= 15 is 0 Å². The molecule has 0 fully saturated rings. The molecule has 0 amide bonds. The smallest absolute Gasteiger partial charge is 0.462 e. The fourth-order valence-corrected chi connectivity index (χ4v) is 5.87. The SMILES string of the molecule is CCCCC/C=C\C[C@@H](O)[C@H](O)CCCCCCCC(=O)OC[C@H](COP(=O)(O)O)OC(=O)CCCCCCCCC/C=C\CCCCCC. The van der Waals surface area contributed by atoms with Crippen molar-refractivity contribution in [1.29, 1.82) is 0 Å². The van der Waals surface area contributed by atoms with Crippen LogP contribution < -0.4 is 0 Å². The number of aliphatic hydroxyl groups is 2. The molecule has 0 unspecified atom stereocenters. The van der Waals surface area contributed by atoms with Crippen LogP contribution in [0.25, 0.3) is 0 Å². The van der Waals surface area contributed by atoms with Crippen molar-refractivity contribution >= 4 is 19.8 Å². The Kier molecular flexibility index (Phi) is 33.5. The molecule has 10 nitrogen and oxygen atoms in total. The average Bonchev–Trinajstić information content (AvgIpc) is 3.08. The van der Waals surface area contributed by atoms with Gasteiger partial charge >= 0.3 is 19.8 Å². The number of aliphatic hydroxyl groups excluding tert-OH is 2. The van der Waals surface area contributed by atoms with Gasteiger partial charge in [0.25, 0.3) is 0 Å². The van der Waals surface area contributed by atoms with Crippen molar-refractivity contribution in [3.63, 3.8) is 0 Å². The summed E-state index contributed by atoms with van der Waals surface area (Å²) in [7, 11) is -4.79. The Balaban J connectivity index is 4.07. The van der Waals surface area contributed by atoms with Crippen LogP contribution in [0.1, 0.15) is 181 Å². The van der Waals surface area contributed by atoms with Crippen LogP contribution in [0.3, 0.4) is 0 Å². The molecule has 0 aromatic carbocycles. The number of unbranched alkanes of at least 4 members (excludes halogenated alkanes) is 18. The molecule has 0 saturated heterocycles. The van der Waals surface area contributed by atoms with Gasteiger partial charge in [-0.3, -0.25) is 14.1 Å². The summed E-state index contributed by atoms with van der Waals surface area (Å²) in [6.07, 6.45) is 30.6. The minimum absolute atomic E-state index is 0.168. The number of hydrogen-bond donors (Lipinski definition) is 4. The predicted molar refractivity (Wildman–Crippen MR) is 201 cm³/mol. The molecule has 0 bridgehead atoms. The van der Waals surface area contributed by atoms with Gasteiger partial charge in [0, 0.05) is 12.8 Å². The van der Waals surface area contributed by atoms with Crippen LogP contribution in [-0.4, -0.2) is 63.5 Å². The molecule has 0 aliphatic heterocycles. The molecule has 0 rings (SSSR count). The Hall–Kier alpha value is -1.55. The van der Waals surface area contributed by atoms with Crippen molar-refractivity contribution in [3.8, 4) is 0 Å². The standard InChI is InChI=1S/C39H73O10P/c1-3-5-7-9-11-12-13-14-15-16-17-18-19-23-28-32-39(43)49-35(34-48-50(44,45)46)33-47-38(42)31-27-24-20-22-26-30-37(41)36(40)29-25-21-10-8-6-4-2/h12-13,21,25,35-37,40-41H,3-11,14-20,22-24,26-34H2,1-2H3,(H2,44,45,46)/b13-12-,25-21-/t35-,36-,37-/m1/s1. The summed E-state index contributed by atoms with van der Waals surface area (Å²) < 4.78 is 26.3. The summed E-state index contributed by atoms with van der Waals surface area (Å²) in [4.78, 5) is 42.8. The number of hydrogen-bond acceptors (Lipinski definition) is 8. The van der Waals surface area contributed by atoms with Crippen molar-refractivity contribution in [2.24, 2.45) is 0 Å². The molecule has 0 saturated carbocycles. The van der Waals surface area contributed by atoms with Crippen molar-refractivity contribution in [1.82, 2.24) is 0 Å². The zero-order valence-corrected chi connectivity index (χ0v) is 32.4. The normalized spacial score (nSPS) is 14.0. The highest BCUT2D eigenvalue weighted by atomic mass is 31.2. The number of rotatable bonds is 36. The molecule has 0 heterocycles. The maximum atomic E-state index is 12.4. The molecular formula is C39H73O10P. The molecule has 0 aliphatic carbocycles. The largest absolute Gasteiger partial charge is 0.469 e. The van der Waals surface area contributed by atoms with E-state index in [4.69, 9.17) is 19.3 Å². The first kappa shape index (κ1) is 48.5. The number of allylic oxidation sites excluding steroid dienone is 3. The van der Waals surface area contributed by atoms with Gasteiger partial charge in [-0.25, -0.2) is 4.57 Å². The summed E-state index contributed by atoms with van der Waals surface area (Å²) in [6, 6.07) is 0. The molecule has 294 valence electrons. The maximum absolute atomic E-state index is 12.4. The van der Waals surface area contributed by atoms with Crippen molar-refractivity contribution in [3.05, 3.63) is 24.3 Å². The van der Waals surface area contributed by atoms with Gasteiger partial charge in [-0.15, -0.1) is 0 Å². The molecule has 0 aliphatic rings. The summed E-state index contributed by atoms with van der Waals surface area (Å²) in [5.74, 6) is -1.000. The van der Waals surface area contributed by atoms with Crippen LogP contribution in [0.4, 0.5) is 0 Å². The second kappa shape index (κ2) is 34.5. The van der Waals surface area contributed by atoms with E-state index in [9.17, 15) is 24.4 Å². The quantitative estimate of drug-likeness (QED) is 0.0211. The van der Waals surface area contributed by atoms with Crippen molar-refractivity contribution < 1.29 is 48.2 Å². The summed E-state index contributed by atoms with van der Waals surface area (Å²) in [5.41, 5.74) is 0. The Labute approximate surface area is 304 Å². The van der Waals surface area contributed by atoms with Gasteiger partial charge in [-0.05, 0) is 64.2 Å². The first-order valence-electron chi connectivity index (χ1n) is 19.8. The Morgan fingerprint density at radius 1 is 0.580 bits per heavy atom. The van der Waals surface area contributed by atoms with E-state index in [1.165, 1.54) is 64.2 Å². The van der Waals surface area contributed by atoms with E-state index in [0.717, 1.165) is 64.2 Å². The van der Waals surface area contributed by atoms with Gasteiger partial charge in [-0.2, -0.15) is 0 Å². The molecule has 50 heavy (non-hydrogen) atoms. The van der Waals surface area contributed by atoms with Gasteiger partial charge in [0.1, 0.15) is 6.61 Å². The van der Waals surface area contributed by atoms with Gasteiger partial charge in [0.05, 0.1) is 18.8 Å². The first-order chi connectivity index (χ1) is 24.1. The Morgan fingerprint density at radius 3 is 1.62 bits per heavy atom. The van der Waals surface area contributed by atoms with E-state index in [-0.39, 0.29) is 19.4 Å². The van der Waals surface area contributed by atoms with Crippen LogP contribution in [0.5, 0.6) is 0 Å². The first-order valence-corrected chi connectivity index (χ1v) is 21.3. The van der Waals surface area contributed by atoms with Gasteiger partial charge in [0.15, 0.2) is 6.10 Å². The Morgan fingerprint density at radius 2 is 1.04 bits per heavy atom. The number of esters is 2. The molecule has 0 spiro atoms. The highest BCUT2D eigenvalue weighted by Crippen LogP contribution is 2.36. The third kappa shape index (κ3) is 34.9. The van der Waals surface area contributed by atoms with Crippen LogP contribution in [-0.2, 0) is 28.2 Å². The fourth-order valence-electron chi connectivity index (χ4n) is 5.51. The molecular weight excluding hydrogens is 659 g/mol. The number of carbonyl (C=O) groups excluding carboxylic acids is 2. The third-order valence-corrected chi connectivity index (χ3v) is 9.13. The lowest BCUT2D eigenvalue weighted by Crippen LogP contribution is -2.29. The summed E-state index contributed by atoms with van der Waals surface area (Å²) in [6.45, 7) is 3.47. The summed E-state index contributed by atoms with van der Waals surface area (Å²) in [5, 5.41) is 20.3. The molecule has 4 N–H and O–H groups in total. The van der Waals surface area contributed by atoms with E-state index in [0.29, 0.717) is 25.7 Å². The van der Waals surface area contributed by atoms with E-state index in [1.807, 2.05) is 6.08 Å². The topological polar surface area (TPSA) is 160 Å². The summed E-state index contributed by atoms with van der Waals surface area (Å²) >= 11 is 0. The predicted octanol–water partition coefficient (Wildman–Crippen LogP) is 9.57. The van der Waals surface area contributed by atoms with E-state index in [2.05, 4.69) is 36.6 Å². The lowest BCUT2D eigenvalue weighted by molar-refractivity contribution is -0.161. The molecule has 11 heteroatoms. The highest BCUT2D eigenvalue weighted by molar-refractivity contribution is 7.46. The van der Waals surface area contributed by atoms with E-state index in [1.54, 1.807) is 0 Å². The molecule has 0 aromatic heterocycles. The molecule has 0 radical (unpaired) electrons. The van der Waals surface area contributed by atoms with Gasteiger partial charge in [-0.1, -0.05) is 128 Å². The maximum Gasteiger partial charge on any atom is 0.469 e. The second-order valence-corrected chi connectivity index (χ2v) is 14.8. The number of ether oxygens (including phenoxy) is 2. The van der Waals surface area contributed by atoms with Crippen LogP contribution in [0, 0.1) is 0 Å². The monoisotopic (exact) mass is 732 g/mol. The zero-order valence-electron chi connectivity index (χ0n) is 31.5. The second-order valence-electron chi connectivity index (χ2n) is 13.6. The third-order valence-electron chi connectivity index (χ3n) is 8.64. The minimum atomic E-state index is -4.79. The fraction of sp³-hybridized carbons (Fsp3) is 0.846. The van der Waals surface area contributed by atoms with Crippen molar-refractivity contribution in [2.45, 2.75) is 199 Å². The Bertz CT molecular complexity index is 903. The number of phosphoric ester groups is 1. The van der Waals surface area contributed by atoms with Gasteiger partial charge in [0.2, 0.25) is 0 Å². The molecule has 0 aromatic rings. The molecule has 3 atom stereocenters. The van der Waals surface area contributed by atoms with E-state index < -0.39 is 44.7 Å². The lowest BCUT2D eigenvalue weighted by Gasteiger charge is -2.18. The van der Waals surface area contributed by atoms with Gasteiger partial charge < -0.3 is 29.5 Å². The number of carbonyl (C=O) groups is 2. The van der Waals surface area contributed by atoms with Crippen LogP contribution in [0.2, 0.25) is 0 Å². The number of phosphoric acid groups is 1. The van der Waals surface area contributed by atoms with Crippen molar-refractivity contribution in [2.75, 3.05) is 13.2 Å². The highest BCUT2D eigenvalue weighted by Gasteiger charge is 2.23.